The standard InChI is InChI=1S/C20H30N2O2/c1-3-5-6-19(23)21-13-15-22(16-14-21)20(24)12-11-18-9-7-17(4-2)8-10-18/h7-10H,3-6,11-16H2,1-2H3. The first-order chi connectivity index (χ1) is 11.6. The summed E-state index contributed by atoms with van der Waals surface area (Å²) in [6.45, 7) is 6.95. The van der Waals surface area contributed by atoms with Gasteiger partial charge in [-0.05, 0) is 30.4 Å². The van der Waals surface area contributed by atoms with Gasteiger partial charge < -0.3 is 9.80 Å². The summed E-state index contributed by atoms with van der Waals surface area (Å²) in [6.07, 6.45) is 5.02. The molecule has 4 nitrogen and oxygen atoms in total. The van der Waals surface area contributed by atoms with Gasteiger partial charge in [0, 0.05) is 39.0 Å². The van der Waals surface area contributed by atoms with Crippen molar-refractivity contribution in [3.05, 3.63) is 35.4 Å². The molecule has 1 saturated heterocycles. The second kappa shape index (κ2) is 9.45. The molecule has 0 bridgehead atoms. The van der Waals surface area contributed by atoms with Crippen molar-refractivity contribution in [1.29, 1.82) is 0 Å². The molecule has 0 aromatic heterocycles. The van der Waals surface area contributed by atoms with E-state index in [1.165, 1.54) is 11.1 Å². The molecule has 1 aromatic carbocycles. The van der Waals surface area contributed by atoms with Gasteiger partial charge in [0.05, 0.1) is 0 Å². The van der Waals surface area contributed by atoms with Gasteiger partial charge in [0.2, 0.25) is 11.8 Å². The Kier molecular flexibility index (Phi) is 7.29. The Morgan fingerprint density at radius 3 is 1.83 bits per heavy atom. The zero-order valence-electron chi connectivity index (χ0n) is 15.1. The van der Waals surface area contributed by atoms with Crippen LogP contribution in [0.15, 0.2) is 24.3 Å². The smallest absolute Gasteiger partial charge is 0.223 e. The number of carbonyl (C=O) groups excluding carboxylic acids is 2. The van der Waals surface area contributed by atoms with E-state index in [-0.39, 0.29) is 11.8 Å². The van der Waals surface area contributed by atoms with Crippen LogP contribution in [-0.2, 0) is 22.4 Å². The third-order valence-corrected chi connectivity index (χ3v) is 4.79. The van der Waals surface area contributed by atoms with Gasteiger partial charge >= 0.3 is 0 Å². The Morgan fingerprint density at radius 1 is 0.833 bits per heavy atom. The number of piperazine rings is 1. The van der Waals surface area contributed by atoms with Crippen LogP contribution < -0.4 is 0 Å². The molecule has 0 saturated carbocycles. The van der Waals surface area contributed by atoms with Crippen molar-refractivity contribution in [1.82, 2.24) is 9.80 Å². The summed E-state index contributed by atoms with van der Waals surface area (Å²) < 4.78 is 0. The average molecular weight is 330 g/mol. The van der Waals surface area contributed by atoms with Gasteiger partial charge in [0.25, 0.3) is 0 Å². The van der Waals surface area contributed by atoms with Gasteiger partial charge in [0.1, 0.15) is 0 Å². The van der Waals surface area contributed by atoms with Crippen LogP contribution in [0, 0.1) is 0 Å². The molecule has 0 atom stereocenters. The van der Waals surface area contributed by atoms with E-state index < -0.39 is 0 Å². The highest BCUT2D eigenvalue weighted by Crippen LogP contribution is 2.11. The maximum absolute atomic E-state index is 12.4. The first-order valence-electron chi connectivity index (χ1n) is 9.27. The van der Waals surface area contributed by atoms with Crippen LogP contribution in [0.2, 0.25) is 0 Å². The summed E-state index contributed by atoms with van der Waals surface area (Å²) in [6, 6.07) is 8.52. The molecular formula is C20H30N2O2. The molecule has 1 fully saturated rings. The number of aryl methyl sites for hydroxylation is 2. The van der Waals surface area contributed by atoms with E-state index in [1.807, 2.05) is 9.80 Å². The van der Waals surface area contributed by atoms with Gasteiger partial charge in [-0.1, -0.05) is 44.5 Å². The number of benzene rings is 1. The fourth-order valence-corrected chi connectivity index (χ4v) is 3.04. The van der Waals surface area contributed by atoms with E-state index in [4.69, 9.17) is 0 Å². The molecule has 0 aliphatic carbocycles. The van der Waals surface area contributed by atoms with Crippen LogP contribution in [0.1, 0.15) is 50.7 Å². The molecule has 0 N–H and O–H groups in total. The monoisotopic (exact) mass is 330 g/mol. The van der Waals surface area contributed by atoms with Gasteiger partial charge in [0.15, 0.2) is 0 Å². The van der Waals surface area contributed by atoms with Crippen molar-refractivity contribution in [3.63, 3.8) is 0 Å². The van der Waals surface area contributed by atoms with Crippen LogP contribution in [0.5, 0.6) is 0 Å². The number of amides is 2. The van der Waals surface area contributed by atoms with Crippen molar-refractivity contribution in [2.45, 2.75) is 52.4 Å². The van der Waals surface area contributed by atoms with Crippen LogP contribution >= 0.6 is 0 Å². The van der Waals surface area contributed by atoms with E-state index in [0.29, 0.717) is 39.0 Å². The topological polar surface area (TPSA) is 40.6 Å². The molecule has 1 aromatic rings. The molecule has 1 heterocycles. The molecule has 2 amide bonds. The summed E-state index contributed by atoms with van der Waals surface area (Å²) in [5, 5.41) is 0. The van der Waals surface area contributed by atoms with E-state index in [2.05, 4.69) is 38.1 Å². The number of hydrogen-bond acceptors (Lipinski definition) is 2. The molecule has 0 unspecified atom stereocenters. The molecule has 0 radical (unpaired) electrons. The van der Waals surface area contributed by atoms with Crippen molar-refractivity contribution in [2.75, 3.05) is 26.2 Å². The summed E-state index contributed by atoms with van der Waals surface area (Å²) in [4.78, 5) is 28.2. The summed E-state index contributed by atoms with van der Waals surface area (Å²) in [5.41, 5.74) is 2.54. The first-order valence-corrected chi connectivity index (χ1v) is 9.27. The van der Waals surface area contributed by atoms with Crippen molar-refractivity contribution >= 4 is 11.8 Å². The highest BCUT2D eigenvalue weighted by molar-refractivity contribution is 5.78. The molecule has 132 valence electrons. The largest absolute Gasteiger partial charge is 0.339 e. The number of hydrogen-bond donors (Lipinski definition) is 0. The SMILES string of the molecule is CCCCC(=O)N1CCN(C(=O)CCc2ccc(CC)cc2)CC1. The lowest BCUT2D eigenvalue weighted by atomic mass is 10.1. The Balaban J connectivity index is 1.73. The summed E-state index contributed by atoms with van der Waals surface area (Å²) >= 11 is 0. The van der Waals surface area contributed by atoms with Crippen molar-refractivity contribution in [3.8, 4) is 0 Å². The molecule has 24 heavy (non-hydrogen) atoms. The molecule has 4 heteroatoms. The average Bonchev–Trinajstić information content (AvgIpc) is 2.64. The molecule has 0 spiro atoms. The fraction of sp³-hybridized carbons (Fsp3) is 0.600. The summed E-state index contributed by atoms with van der Waals surface area (Å²) in [7, 11) is 0. The predicted octanol–water partition coefficient (Wildman–Crippen LogP) is 3.04. The minimum absolute atomic E-state index is 0.204. The normalized spacial score (nSPS) is 14.8. The van der Waals surface area contributed by atoms with E-state index in [9.17, 15) is 9.59 Å². The van der Waals surface area contributed by atoms with Crippen molar-refractivity contribution < 1.29 is 9.59 Å². The second-order valence-corrected chi connectivity index (χ2v) is 6.54. The van der Waals surface area contributed by atoms with Gasteiger partial charge in [-0.2, -0.15) is 0 Å². The summed E-state index contributed by atoms with van der Waals surface area (Å²) in [5.74, 6) is 0.440. The maximum Gasteiger partial charge on any atom is 0.223 e. The molecule has 2 rings (SSSR count). The minimum Gasteiger partial charge on any atom is -0.339 e. The van der Waals surface area contributed by atoms with Gasteiger partial charge in [-0.3, -0.25) is 9.59 Å². The zero-order valence-corrected chi connectivity index (χ0v) is 15.1. The lowest BCUT2D eigenvalue weighted by Crippen LogP contribution is -2.50. The first kappa shape index (κ1) is 18.5. The predicted molar refractivity (Wildman–Crippen MR) is 96.8 cm³/mol. The quantitative estimate of drug-likeness (QED) is 0.771. The lowest BCUT2D eigenvalue weighted by molar-refractivity contribution is -0.139. The minimum atomic E-state index is 0.204. The van der Waals surface area contributed by atoms with E-state index in [0.717, 1.165) is 25.7 Å². The maximum atomic E-state index is 12.4. The lowest BCUT2D eigenvalue weighted by Gasteiger charge is -2.35. The Morgan fingerprint density at radius 2 is 1.33 bits per heavy atom. The van der Waals surface area contributed by atoms with Crippen LogP contribution in [0.25, 0.3) is 0 Å². The Labute approximate surface area is 145 Å². The Bertz CT molecular complexity index is 531. The third kappa shape index (κ3) is 5.36. The second-order valence-electron chi connectivity index (χ2n) is 6.54. The van der Waals surface area contributed by atoms with Crippen LogP contribution in [0.3, 0.4) is 0 Å². The van der Waals surface area contributed by atoms with E-state index >= 15 is 0 Å². The number of carbonyl (C=O) groups is 2. The van der Waals surface area contributed by atoms with Crippen molar-refractivity contribution in [2.24, 2.45) is 0 Å². The van der Waals surface area contributed by atoms with Gasteiger partial charge in [-0.15, -0.1) is 0 Å². The number of unbranched alkanes of at least 4 members (excludes halogenated alkanes) is 1. The fourth-order valence-electron chi connectivity index (χ4n) is 3.04. The van der Waals surface area contributed by atoms with E-state index in [1.54, 1.807) is 0 Å². The van der Waals surface area contributed by atoms with Crippen LogP contribution in [-0.4, -0.2) is 47.8 Å². The highest BCUT2D eigenvalue weighted by Gasteiger charge is 2.23. The highest BCUT2D eigenvalue weighted by atomic mass is 16.2. The van der Waals surface area contributed by atoms with Gasteiger partial charge in [-0.25, -0.2) is 0 Å². The number of rotatable bonds is 7. The molecule has 1 aliphatic heterocycles. The van der Waals surface area contributed by atoms with Crippen LogP contribution in [0.4, 0.5) is 0 Å². The molecule has 1 aliphatic rings. The molecular weight excluding hydrogens is 300 g/mol. The number of nitrogens with zero attached hydrogens (tertiary/aromatic N) is 2. The zero-order chi connectivity index (χ0) is 17.4. The Hall–Kier alpha value is -1.84. The third-order valence-electron chi connectivity index (χ3n) is 4.79.